The van der Waals surface area contributed by atoms with Crippen LogP contribution in [0.15, 0.2) is 27.1 Å². The predicted molar refractivity (Wildman–Crippen MR) is 69.2 cm³/mol. The summed E-state index contributed by atoms with van der Waals surface area (Å²) in [5.41, 5.74) is 4.14. The average Bonchev–Trinajstić information content (AvgIpc) is 2.96. The standard InChI is InChI=1S/C11H14Br2N2/c12-9-4-8(5-10(13)6-9)11(15-14)3-7-1-2-7/h4-7,11,15H,1-3,14H2. The molecule has 3 N–H and O–H groups in total. The van der Waals surface area contributed by atoms with Gasteiger partial charge in [0.2, 0.25) is 0 Å². The number of hydrogen-bond donors (Lipinski definition) is 2. The molecule has 0 aromatic heterocycles. The summed E-state index contributed by atoms with van der Waals surface area (Å²) in [6.07, 6.45) is 3.85. The highest BCUT2D eigenvalue weighted by Crippen LogP contribution is 2.38. The first kappa shape index (κ1) is 11.6. The topological polar surface area (TPSA) is 38.0 Å². The Balaban J connectivity index is 2.16. The van der Waals surface area contributed by atoms with Crippen molar-refractivity contribution in [1.29, 1.82) is 0 Å². The van der Waals surface area contributed by atoms with Gasteiger partial charge in [-0.2, -0.15) is 0 Å². The average molecular weight is 334 g/mol. The van der Waals surface area contributed by atoms with Gasteiger partial charge in [-0.1, -0.05) is 44.7 Å². The Morgan fingerprint density at radius 1 is 1.27 bits per heavy atom. The minimum absolute atomic E-state index is 0.270. The lowest BCUT2D eigenvalue weighted by Crippen LogP contribution is -2.28. The van der Waals surface area contributed by atoms with Crippen molar-refractivity contribution in [3.63, 3.8) is 0 Å². The molecule has 0 amide bonds. The Labute approximate surface area is 107 Å². The van der Waals surface area contributed by atoms with Crippen LogP contribution in [0.3, 0.4) is 0 Å². The van der Waals surface area contributed by atoms with Crippen LogP contribution in [0, 0.1) is 5.92 Å². The summed E-state index contributed by atoms with van der Waals surface area (Å²) < 4.78 is 2.17. The molecule has 1 unspecified atom stereocenters. The van der Waals surface area contributed by atoms with Crippen molar-refractivity contribution < 1.29 is 0 Å². The molecular formula is C11H14Br2N2. The van der Waals surface area contributed by atoms with Gasteiger partial charge in [0.15, 0.2) is 0 Å². The molecule has 0 radical (unpaired) electrons. The quantitative estimate of drug-likeness (QED) is 0.653. The van der Waals surface area contributed by atoms with Crippen molar-refractivity contribution in [2.24, 2.45) is 11.8 Å². The molecular weight excluding hydrogens is 320 g/mol. The fourth-order valence-electron chi connectivity index (χ4n) is 1.76. The zero-order valence-electron chi connectivity index (χ0n) is 8.34. The number of hydrazine groups is 1. The molecule has 1 atom stereocenters. The SMILES string of the molecule is NNC(CC1CC1)c1cc(Br)cc(Br)c1. The highest BCUT2D eigenvalue weighted by molar-refractivity contribution is 9.11. The zero-order valence-corrected chi connectivity index (χ0v) is 11.5. The number of benzene rings is 1. The third-order valence-corrected chi connectivity index (χ3v) is 3.67. The van der Waals surface area contributed by atoms with E-state index in [1.165, 1.54) is 18.4 Å². The lowest BCUT2D eigenvalue weighted by molar-refractivity contribution is 0.487. The van der Waals surface area contributed by atoms with E-state index in [0.717, 1.165) is 21.3 Å². The summed E-state index contributed by atoms with van der Waals surface area (Å²) in [7, 11) is 0. The Hall–Kier alpha value is 0.1000. The van der Waals surface area contributed by atoms with E-state index in [1.54, 1.807) is 0 Å². The fourth-order valence-corrected chi connectivity index (χ4v) is 3.09. The highest BCUT2D eigenvalue weighted by Gasteiger charge is 2.25. The molecule has 2 nitrogen and oxygen atoms in total. The van der Waals surface area contributed by atoms with Gasteiger partial charge >= 0.3 is 0 Å². The Morgan fingerprint density at radius 3 is 2.33 bits per heavy atom. The van der Waals surface area contributed by atoms with E-state index in [-0.39, 0.29) is 6.04 Å². The molecule has 1 fully saturated rings. The minimum atomic E-state index is 0.270. The van der Waals surface area contributed by atoms with Crippen LogP contribution >= 0.6 is 31.9 Å². The maximum atomic E-state index is 5.60. The lowest BCUT2D eigenvalue weighted by Gasteiger charge is -2.16. The van der Waals surface area contributed by atoms with Gasteiger partial charge < -0.3 is 0 Å². The van der Waals surface area contributed by atoms with E-state index >= 15 is 0 Å². The molecule has 0 heterocycles. The minimum Gasteiger partial charge on any atom is -0.271 e. The maximum absolute atomic E-state index is 5.60. The second-order valence-corrected chi connectivity index (χ2v) is 5.93. The number of rotatable bonds is 4. The van der Waals surface area contributed by atoms with Gasteiger partial charge in [-0.15, -0.1) is 0 Å². The molecule has 82 valence electrons. The lowest BCUT2D eigenvalue weighted by atomic mass is 10.0. The number of hydrogen-bond acceptors (Lipinski definition) is 2. The first-order chi connectivity index (χ1) is 7.19. The molecule has 0 saturated heterocycles. The first-order valence-corrected chi connectivity index (χ1v) is 6.70. The molecule has 0 bridgehead atoms. The van der Waals surface area contributed by atoms with Crippen LogP contribution in [0.5, 0.6) is 0 Å². The van der Waals surface area contributed by atoms with Crippen molar-refractivity contribution >= 4 is 31.9 Å². The summed E-state index contributed by atoms with van der Waals surface area (Å²) in [6, 6.07) is 6.55. The number of nitrogens with one attached hydrogen (secondary N) is 1. The van der Waals surface area contributed by atoms with Gasteiger partial charge in [-0.25, -0.2) is 0 Å². The van der Waals surface area contributed by atoms with Gasteiger partial charge in [0, 0.05) is 15.0 Å². The van der Waals surface area contributed by atoms with Gasteiger partial charge in [0.05, 0.1) is 0 Å². The molecule has 1 aliphatic rings. The van der Waals surface area contributed by atoms with Crippen LogP contribution in [-0.2, 0) is 0 Å². The molecule has 1 aromatic carbocycles. The van der Waals surface area contributed by atoms with Gasteiger partial charge in [0.1, 0.15) is 0 Å². The molecule has 2 rings (SSSR count). The second-order valence-electron chi connectivity index (χ2n) is 4.10. The maximum Gasteiger partial charge on any atom is 0.0463 e. The number of halogens is 2. The summed E-state index contributed by atoms with van der Waals surface area (Å²) in [5, 5.41) is 0. The molecule has 0 spiro atoms. The van der Waals surface area contributed by atoms with Crippen LogP contribution in [0.4, 0.5) is 0 Å². The van der Waals surface area contributed by atoms with Crippen LogP contribution in [0.2, 0.25) is 0 Å². The van der Waals surface area contributed by atoms with Crippen LogP contribution in [0.25, 0.3) is 0 Å². The Kier molecular flexibility index (Phi) is 3.83. The molecule has 15 heavy (non-hydrogen) atoms. The third-order valence-electron chi connectivity index (χ3n) is 2.75. The monoisotopic (exact) mass is 332 g/mol. The van der Waals surface area contributed by atoms with E-state index < -0.39 is 0 Å². The van der Waals surface area contributed by atoms with E-state index in [4.69, 9.17) is 5.84 Å². The van der Waals surface area contributed by atoms with Crippen molar-refractivity contribution in [3.05, 3.63) is 32.7 Å². The predicted octanol–water partition coefficient (Wildman–Crippen LogP) is 3.52. The highest BCUT2D eigenvalue weighted by atomic mass is 79.9. The zero-order chi connectivity index (χ0) is 10.8. The van der Waals surface area contributed by atoms with Crippen LogP contribution < -0.4 is 11.3 Å². The summed E-state index contributed by atoms with van der Waals surface area (Å²) >= 11 is 6.99. The molecule has 1 aromatic rings. The van der Waals surface area contributed by atoms with E-state index in [0.29, 0.717) is 0 Å². The van der Waals surface area contributed by atoms with Gasteiger partial charge in [-0.05, 0) is 36.1 Å². The Bertz CT molecular complexity index is 330. The normalized spacial score (nSPS) is 17.8. The Morgan fingerprint density at radius 2 is 1.87 bits per heavy atom. The van der Waals surface area contributed by atoms with E-state index in [9.17, 15) is 0 Å². The third kappa shape index (κ3) is 3.28. The van der Waals surface area contributed by atoms with Crippen molar-refractivity contribution in [3.8, 4) is 0 Å². The summed E-state index contributed by atoms with van der Waals surface area (Å²) in [6.45, 7) is 0. The largest absolute Gasteiger partial charge is 0.271 e. The van der Waals surface area contributed by atoms with Crippen LogP contribution in [-0.4, -0.2) is 0 Å². The summed E-state index contributed by atoms with van der Waals surface area (Å²) in [5.74, 6) is 6.47. The van der Waals surface area contributed by atoms with Crippen molar-refractivity contribution in [1.82, 2.24) is 5.43 Å². The molecule has 4 heteroatoms. The van der Waals surface area contributed by atoms with Crippen molar-refractivity contribution in [2.75, 3.05) is 0 Å². The fraction of sp³-hybridized carbons (Fsp3) is 0.455. The first-order valence-electron chi connectivity index (χ1n) is 5.11. The van der Waals surface area contributed by atoms with E-state index in [1.807, 2.05) is 6.07 Å². The van der Waals surface area contributed by atoms with E-state index in [2.05, 4.69) is 49.4 Å². The molecule has 1 aliphatic carbocycles. The van der Waals surface area contributed by atoms with Gasteiger partial charge in [-0.3, -0.25) is 11.3 Å². The van der Waals surface area contributed by atoms with Crippen molar-refractivity contribution in [2.45, 2.75) is 25.3 Å². The second kappa shape index (κ2) is 4.95. The smallest absolute Gasteiger partial charge is 0.0463 e. The molecule has 1 saturated carbocycles. The van der Waals surface area contributed by atoms with Crippen LogP contribution in [0.1, 0.15) is 30.9 Å². The molecule has 0 aliphatic heterocycles. The summed E-state index contributed by atoms with van der Waals surface area (Å²) in [4.78, 5) is 0. The van der Waals surface area contributed by atoms with Gasteiger partial charge in [0.25, 0.3) is 0 Å². The number of nitrogens with two attached hydrogens (primary N) is 1.